The fraction of sp³-hybridized carbons (Fsp3) is 0.105. The molecular weight excluding hydrogens is 384 g/mol. The minimum absolute atomic E-state index is 0.198. The summed E-state index contributed by atoms with van der Waals surface area (Å²) in [4.78, 5) is 3.94. The van der Waals surface area contributed by atoms with E-state index in [0.29, 0.717) is 43.6 Å². The highest BCUT2D eigenvalue weighted by atomic mass is 35.5. The standard InChI is InChI=1S/C19H13Cl3FNO/c1-10-15(23)8-11(9-16(10)25-2)12-4-3-5-13(17(12)20)14-6-7-24-19(22)18(14)21/h3-9H,1-2H3. The molecule has 0 spiro atoms. The zero-order chi connectivity index (χ0) is 18.1. The van der Waals surface area contributed by atoms with Crippen molar-refractivity contribution < 1.29 is 9.13 Å². The molecule has 2 aromatic carbocycles. The van der Waals surface area contributed by atoms with Crippen LogP contribution < -0.4 is 4.74 Å². The molecule has 0 unspecified atom stereocenters. The Bertz CT molecular complexity index is 960. The number of ether oxygens (including phenoxy) is 1. The number of hydrogen-bond donors (Lipinski definition) is 0. The minimum atomic E-state index is -0.360. The average molecular weight is 397 g/mol. The topological polar surface area (TPSA) is 22.1 Å². The van der Waals surface area contributed by atoms with Crippen LogP contribution in [0.1, 0.15) is 5.56 Å². The molecule has 0 N–H and O–H groups in total. The predicted molar refractivity (Wildman–Crippen MR) is 101 cm³/mol. The van der Waals surface area contributed by atoms with Gasteiger partial charge in [-0.1, -0.05) is 53.0 Å². The van der Waals surface area contributed by atoms with Crippen LogP contribution in [0.5, 0.6) is 5.75 Å². The Morgan fingerprint density at radius 3 is 2.36 bits per heavy atom. The van der Waals surface area contributed by atoms with Gasteiger partial charge in [0.15, 0.2) is 0 Å². The first-order chi connectivity index (χ1) is 11.9. The number of pyridine rings is 1. The number of methoxy groups -OCH3 is 1. The molecule has 0 amide bonds. The maximum atomic E-state index is 14.2. The molecule has 128 valence electrons. The van der Waals surface area contributed by atoms with E-state index >= 15 is 0 Å². The second kappa shape index (κ2) is 7.20. The second-order valence-corrected chi connectivity index (χ2v) is 6.53. The lowest BCUT2D eigenvalue weighted by Gasteiger charge is -2.14. The number of halogens is 4. The van der Waals surface area contributed by atoms with E-state index in [-0.39, 0.29) is 11.0 Å². The SMILES string of the molecule is COc1cc(-c2cccc(-c3ccnc(Cl)c3Cl)c2Cl)cc(F)c1C. The highest BCUT2D eigenvalue weighted by Gasteiger charge is 2.16. The average Bonchev–Trinajstić information content (AvgIpc) is 2.60. The fourth-order valence-electron chi connectivity index (χ4n) is 2.61. The van der Waals surface area contributed by atoms with Crippen LogP contribution >= 0.6 is 34.8 Å². The molecule has 0 saturated heterocycles. The second-order valence-electron chi connectivity index (χ2n) is 5.42. The summed E-state index contributed by atoms with van der Waals surface area (Å²) in [5.74, 6) is 0.0993. The Hall–Kier alpha value is -1.81. The molecule has 0 saturated carbocycles. The van der Waals surface area contributed by atoms with Gasteiger partial charge < -0.3 is 4.74 Å². The molecule has 1 aromatic heterocycles. The minimum Gasteiger partial charge on any atom is -0.496 e. The van der Waals surface area contributed by atoms with E-state index in [4.69, 9.17) is 39.5 Å². The first-order valence-electron chi connectivity index (χ1n) is 7.37. The Kier molecular flexibility index (Phi) is 5.19. The van der Waals surface area contributed by atoms with Crippen LogP contribution in [0.4, 0.5) is 4.39 Å². The summed E-state index contributed by atoms with van der Waals surface area (Å²) >= 11 is 18.9. The maximum absolute atomic E-state index is 14.2. The van der Waals surface area contributed by atoms with Gasteiger partial charge >= 0.3 is 0 Å². The van der Waals surface area contributed by atoms with Crippen LogP contribution in [-0.2, 0) is 0 Å². The first-order valence-corrected chi connectivity index (χ1v) is 8.50. The number of hydrogen-bond acceptors (Lipinski definition) is 2. The maximum Gasteiger partial charge on any atom is 0.148 e. The molecule has 0 atom stereocenters. The van der Waals surface area contributed by atoms with Gasteiger partial charge in [0.2, 0.25) is 0 Å². The van der Waals surface area contributed by atoms with Crippen molar-refractivity contribution in [1.29, 1.82) is 0 Å². The molecule has 0 aliphatic rings. The van der Waals surface area contributed by atoms with Crippen molar-refractivity contribution in [2.45, 2.75) is 6.92 Å². The lowest BCUT2D eigenvalue weighted by molar-refractivity contribution is 0.407. The van der Waals surface area contributed by atoms with Crippen LogP contribution in [-0.4, -0.2) is 12.1 Å². The van der Waals surface area contributed by atoms with E-state index in [1.54, 1.807) is 25.3 Å². The van der Waals surface area contributed by atoms with Gasteiger partial charge in [0, 0.05) is 28.5 Å². The predicted octanol–water partition coefficient (Wildman–Crippen LogP) is 6.83. The Labute approximate surface area is 160 Å². The summed E-state index contributed by atoms with van der Waals surface area (Å²) in [5.41, 5.74) is 3.08. The largest absolute Gasteiger partial charge is 0.496 e. The van der Waals surface area contributed by atoms with Gasteiger partial charge in [-0.3, -0.25) is 0 Å². The molecular formula is C19H13Cl3FNO. The number of benzene rings is 2. The molecule has 6 heteroatoms. The summed E-state index contributed by atoms with van der Waals surface area (Å²) in [6, 6.07) is 10.4. The van der Waals surface area contributed by atoms with Crippen molar-refractivity contribution in [2.24, 2.45) is 0 Å². The third-order valence-electron chi connectivity index (χ3n) is 3.96. The highest BCUT2D eigenvalue weighted by molar-refractivity contribution is 6.43. The summed E-state index contributed by atoms with van der Waals surface area (Å²) in [6.45, 7) is 1.66. The van der Waals surface area contributed by atoms with Crippen LogP contribution in [0.3, 0.4) is 0 Å². The van der Waals surface area contributed by atoms with Crippen molar-refractivity contribution in [3.8, 4) is 28.0 Å². The lowest BCUT2D eigenvalue weighted by Crippen LogP contribution is -1.93. The third kappa shape index (κ3) is 3.32. The normalized spacial score (nSPS) is 10.8. The van der Waals surface area contributed by atoms with E-state index in [2.05, 4.69) is 4.98 Å². The molecule has 0 fully saturated rings. The zero-order valence-electron chi connectivity index (χ0n) is 13.4. The Morgan fingerprint density at radius 1 is 0.960 bits per heavy atom. The first kappa shape index (κ1) is 18.0. The van der Waals surface area contributed by atoms with Crippen molar-refractivity contribution in [3.63, 3.8) is 0 Å². The Balaban J connectivity index is 2.21. The van der Waals surface area contributed by atoms with Gasteiger partial charge in [-0.2, -0.15) is 0 Å². The molecule has 0 radical (unpaired) electrons. The lowest BCUT2D eigenvalue weighted by atomic mass is 9.98. The molecule has 0 aliphatic carbocycles. The van der Waals surface area contributed by atoms with Crippen LogP contribution in [0.15, 0.2) is 42.6 Å². The molecule has 1 heterocycles. The van der Waals surface area contributed by atoms with E-state index in [9.17, 15) is 4.39 Å². The van der Waals surface area contributed by atoms with Crippen molar-refractivity contribution in [1.82, 2.24) is 4.98 Å². The number of rotatable bonds is 3. The molecule has 3 rings (SSSR count). The number of nitrogens with zero attached hydrogens (tertiary/aromatic N) is 1. The molecule has 2 nitrogen and oxygen atoms in total. The van der Waals surface area contributed by atoms with Crippen molar-refractivity contribution in [2.75, 3.05) is 7.11 Å². The van der Waals surface area contributed by atoms with E-state index in [1.165, 1.54) is 13.2 Å². The van der Waals surface area contributed by atoms with Gasteiger partial charge in [-0.15, -0.1) is 0 Å². The summed E-state index contributed by atoms with van der Waals surface area (Å²) in [7, 11) is 1.50. The van der Waals surface area contributed by atoms with Gasteiger partial charge in [-0.25, -0.2) is 9.37 Å². The third-order valence-corrected chi connectivity index (χ3v) is 5.14. The molecule has 3 aromatic rings. The smallest absolute Gasteiger partial charge is 0.148 e. The van der Waals surface area contributed by atoms with Gasteiger partial charge in [0.25, 0.3) is 0 Å². The summed E-state index contributed by atoms with van der Waals surface area (Å²) < 4.78 is 19.5. The van der Waals surface area contributed by atoms with Gasteiger partial charge in [-0.05, 0) is 30.7 Å². The van der Waals surface area contributed by atoms with Gasteiger partial charge in [0.05, 0.1) is 17.2 Å². The Morgan fingerprint density at radius 2 is 1.64 bits per heavy atom. The zero-order valence-corrected chi connectivity index (χ0v) is 15.7. The molecule has 25 heavy (non-hydrogen) atoms. The van der Waals surface area contributed by atoms with Crippen molar-refractivity contribution >= 4 is 34.8 Å². The van der Waals surface area contributed by atoms with E-state index < -0.39 is 0 Å². The van der Waals surface area contributed by atoms with Crippen molar-refractivity contribution in [3.05, 3.63) is 69.2 Å². The monoisotopic (exact) mass is 395 g/mol. The van der Waals surface area contributed by atoms with E-state index in [1.807, 2.05) is 18.2 Å². The van der Waals surface area contributed by atoms with Crippen LogP contribution in [0.25, 0.3) is 22.3 Å². The van der Waals surface area contributed by atoms with E-state index in [0.717, 1.165) is 0 Å². The molecule has 0 bridgehead atoms. The number of aromatic nitrogens is 1. The summed E-state index contributed by atoms with van der Waals surface area (Å²) in [6.07, 6.45) is 1.56. The summed E-state index contributed by atoms with van der Waals surface area (Å²) in [5, 5.41) is 0.955. The van der Waals surface area contributed by atoms with Gasteiger partial charge in [0.1, 0.15) is 16.7 Å². The quantitative estimate of drug-likeness (QED) is 0.452. The fourth-order valence-corrected chi connectivity index (χ4v) is 3.32. The highest BCUT2D eigenvalue weighted by Crippen LogP contribution is 2.41. The van der Waals surface area contributed by atoms with Crippen LogP contribution in [0.2, 0.25) is 15.2 Å². The van der Waals surface area contributed by atoms with Crippen LogP contribution in [0, 0.1) is 12.7 Å². The molecule has 0 aliphatic heterocycles.